The molecular weight excluding hydrogens is 332 g/mol. The molecule has 0 fully saturated rings. The van der Waals surface area contributed by atoms with Gasteiger partial charge in [-0.25, -0.2) is 0 Å². The first-order valence-electron chi connectivity index (χ1n) is 5.87. The van der Waals surface area contributed by atoms with E-state index in [0.717, 1.165) is 0 Å². The molecule has 19 heavy (non-hydrogen) atoms. The predicted molar refractivity (Wildman–Crippen MR) is 79.4 cm³/mol. The van der Waals surface area contributed by atoms with Gasteiger partial charge in [0.05, 0.1) is 5.56 Å². The van der Waals surface area contributed by atoms with Crippen molar-refractivity contribution in [2.45, 2.75) is 19.9 Å². The third-order valence-corrected chi connectivity index (χ3v) is 3.67. The van der Waals surface area contributed by atoms with E-state index in [1.54, 1.807) is 37.1 Å². The monoisotopic (exact) mass is 346 g/mol. The lowest BCUT2D eigenvalue weighted by Gasteiger charge is -2.20. The Hall–Kier alpha value is -1.07. The highest BCUT2D eigenvalue weighted by Gasteiger charge is 2.20. The van der Waals surface area contributed by atoms with Crippen molar-refractivity contribution in [3.8, 4) is 0 Å². The van der Waals surface area contributed by atoms with Crippen LogP contribution in [0.3, 0.4) is 0 Å². The molecule has 0 aliphatic rings. The Balaban J connectivity index is 2.80. The van der Waals surface area contributed by atoms with Gasteiger partial charge in [-0.3, -0.25) is 9.59 Å². The van der Waals surface area contributed by atoms with Gasteiger partial charge in [0.2, 0.25) is 5.91 Å². The van der Waals surface area contributed by atoms with Crippen molar-refractivity contribution in [2.75, 3.05) is 13.6 Å². The summed E-state index contributed by atoms with van der Waals surface area (Å²) in [5, 5.41) is 3.13. The van der Waals surface area contributed by atoms with Crippen LogP contribution in [0.15, 0.2) is 22.7 Å². The summed E-state index contributed by atoms with van der Waals surface area (Å²) in [7, 11) is 1.69. The predicted octanol–water partition coefficient (Wildman–Crippen LogP) is 2.70. The summed E-state index contributed by atoms with van der Waals surface area (Å²) in [5.41, 5.74) is 0.409. The van der Waals surface area contributed by atoms with Crippen LogP contribution < -0.4 is 5.32 Å². The maximum atomic E-state index is 12.1. The molecule has 2 amide bonds. The van der Waals surface area contributed by atoms with Gasteiger partial charge in [0.1, 0.15) is 6.04 Å². The summed E-state index contributed by atoms with van der Waals surface area (Å²) < 4.78 is 0.637. The summed E-state index contributed by atoms with van der Waals surface area (Å²) >= 11 is 9.14. The smallest absolute Gasteiger partial charge is 0.253 e. The number of likely N-dealkylation sites (N-methyl/N-ethyl adjacent to an activating group) is 1. The van der Waals surface area contributed by atoms with Gasteiger partial charge in [0, 0.05) is 23.1 Å². The lowest BCUT2D eigenvalue weighted by Crippen LogP contribution is -2.45. The Morgan fingerprint density at radius 2 is 2.11 bits per heavy atom. The van der Waals surface area contributed by atoms with Crippen molar-refractivity contribution in [1.82, 2.24) is 10.2 Å². The summed E-state index contributed by atoms with van der Waals surface area (Å²) in [5.74, 6) is -0.464. The van der Waals surface area contributed by atoms with E-state index in [4.69, 9.17) is 11.6 Å². The van der Waals surface area contributed by atoms with E-state index < -0.39 is 6.04 Å². The van der Waals surface area contributed by atoms with Crippen molar-refractivity contribution in [2.24, 2.45) is 0 Å². The van der Waals surface area contributed by atoms with E-state index in [-0.39, 0.29) is 11.8 Å². The van der Waals surface area contributed by atoms with Crippen LogP contribution in [-0.4, -0.2) is 36.3 Å². The molecule has 0 saturated heterocycles. The van der Waals surface area contributed by atoms with Crippen molar-refractivity contribution >= 4 is 39.3 Å². The third kappa shape index (κ3) is 4.21. The fourth-order valence-corrected chi connectivity index (χ4v) is 2.09. The molecule has 0 aliphatic carbocycles. The second-order valence-corrected chi connectivity index (χ2v) is 5.46. The minimum atomic E-state index is -0.580. The lowest BCUT2D eigenvalue weighted by molar-refractivity contribution is -0.131. The van der Waals surface area contributed by atoms with Gasteiger partial charge in [0.25, 0.3) is 5.91 Å². The van der Waals surface area contributed by atoms with E-state index in [1.807, 2.05) is 6.92 Å². The molecule has 0 aromatic heterocycles. The number of nitrogens with one attached hydrogen (secondary N) is 1. The standard InChI is InChI=1S/C13H16BrClN2O2/c1-4-17(3)13(19)8(2)16-12(18)10-7-9(15)5-6-11(10)14/h5-8H,4H2,1-3H3,(H,16,18). The Bertz CT molecular complexity index is 494. The number of rotatable bonds is 4. The molecule has 0 radical (unpaired) electrons. The number of halogens is 2. The molecule has 1 aromatic rings. The summed E-state index contributed by atoms with van der Waals surface area (Å²) in [6, 6.07) is 4.36. The second kappa shape index (κ2) is 6.91. The molecular formula is C13H16BrClN2O2. The van der Waals surface area contributed by atoms with Crippen LogP contribution in [0.2, 0.25) is 5.02 Å². The van der Waals surface area contributed by atoms with Crippen LogP contribution in [-0.2, 0) is 4.79 Å². The molecule has 6 heteroatoms. The lowest BCUT2D eigenvalue weighted by atomic mass is 10.2. The average molecular weight is 348 g/mol. The number of hydrogen-bond donors (Lipinski definition) is 1. The summed E-state index contributed by atoms with van der Waals surface area (Å²) in [4.78, 5) is 25.5. The molecule has 0 saturated carbocycles. The number of benzene rings is 1. The minimum absolute atomic E-state index is 0.131. The molecule has 4 nitrogen and oxygen atoms in total. The third-order valence-electron chi connectivity index (χ3n) is 2.74. The maximum absolute atomic E-state index is 12.1. The van der Waals surface area contributed by atoms with Crippen LogP contribution >= 0.6 is 27.5 Å². The quantitative estimate of drug-likeness (QED) is 0.910. The normalized spacial score (nSPS) is 11.8. The van der Waals surface area contributed by atoms with Crippen molar-refractivity contribution in [3.05, 3.63) is 33.3 Å². The Kier molecular flexibility index (Phi) is 5.82. The van der Waals surface area contributed by atoms with Crippen LogP contribution in [0.1, 0.15) is 24.2 Å². The molecule has 1 aromatic carbocycles. The molecule has 1 rings (SSSR count). The topological polar surface area (TPSA) is 49.4 Å². The maximum Gasteiger partial charge on any atom is 0.253 e. The SMILES string of the molecule is CCN(C)C(=O)C(C)NC(=O)c1cc(Cl)ccc1Br. The van der Waals surface area contributed by atoms with Gasteiger partial charge < -0.3 is 10.2 Å². The van der Waals surface area contributed by atoms with E-state index in [2.05, 4.69) is 21.2 Å². The van der Waals surface area contributed by atoms with Gasteiger partial charge >= 0.3 is 0 Å². The zero-order valence-corrected chi connectivity index (χ0v) is 13.4. The summed E-state index contributed by atoms with van der Waals surface area (Å²) in [6.45, 7) is 4.13. The van der Waals surface area contributed by atoms with Gasteiger partial charge in [0.15, 0.2) is 0 Å². The first-order chi connectivity index (χ1) is 8.86. The highest BCUT2D eigenvalue weighted by molar-refractivity contribution is 9.10. The Morgan fingerprint density at radius 3 is 2.68 bits per heavy atom. The Morgan fingerprint density at radius 1 is 1.47 bits per heavy atom. The van der Waals surface area contributed by atoms with Crippen LogP contribution in [0.4, 0.5) is 0 Å². The van der Waals surface area contributed by atoms with Crippen molar-refractivity contribution in [1.29, 1.82) is 0 Å². The first-order valence-corrected chi connectivity index (χ1v) is 7.04. The number of hydrogen-bond acceptors (Lipinski definition) is 2. The van der Waals surface area contributed by atoms with Crippen LogP contribution in [0, 0.1) is 0 Å². The zero-order valence-electron chi connectivity index (χ0n) is 11.0. The number of carbonyl (C=O) groups is 2. The van der Waals surface area contributed by atoms with Crippen molar-refractivity contribution < 1.29 is 9.59 Å². The summed E-state index contributed by atoms with van der Waals surface area (Å²) in [6.07, 6.45) is 0. The fourth-order valence-electron chi connectivity index (χ4n) is 1.49. The molecule has 0 spiro atoms. The van der Waals surface area contributed by atoms with Gasteiger partial charge in [-0.2, -0.15) is 0 Å². The highest BCUT2D eigenvalue weighted by atomic mass is 79.9. The van der Waals surface area contributed by atoms with E-state index in [9.17, 15) is 9.59 Å². The van der Waals surface area contributed by atoms with E-state index >= 15 is 0 Å². The molecule has 1 N–H and O–H groups in total. The first kappa shape index (κ1) is 16.0. The Labute approximate surface area is 126 Å². The number of amides is 2. The van der Waals surface area contributed by atoms with E-state index in [0.29, 0.717) is 21.6 Å². The van der Waals surface area contributed by atoms with Gasteiger partial charge in [-0.05, 0) is 48.0 Å². The molecule has 1 unspecified atom stereocenters. The van der Waals surface area contributed by atoms with Crippen molar-refractivity contribution in [3.63, 3.8) is 0 Å². The fraction of sp³-hybridized carbons (Fsp3) is 0.385. The number of nitrogens with zero attached hydrogens (tertiary/aromatic N) is 1. The second-order valence-electron chi connectivity index (χ2n) is 4.17. The molecule has 0 bridgehead atoms. The van der Waals surface area contributed by atoms with Crippen LogP contribution in [0.5, 0.6) is 0 Å². The highest BCUT2D eigenvalue weighted by Crippen LogP contribution is 2.21. The van der Waals surface area contributed by atoms with Gasteiger partial charge in [-0.15, -0.1) is 0 Å². The average Bonchev–Trinajstić information content (AvgIpc) is 2.39. The van der Waals surface area contributed by atoms with Crippen LogP contribution in [0.25, 0.3) is 0 Å². The number of carbonyl (C=O) groups excluding carboxylic acids is 2. The molecule has 104 valence electrons. The minimum Gasteiger partial charge on any atom is -0.344 e. The van der Waals surface area contributed by atoms with E-state index in [1.165, 1.54) is 0 Å². The molecule has 0 heterocycles. The molecule has 1 atom stereocenters. The van der Waals surface area contributed by atoms with Gasteiger partial charge in [-0.1, -0.05) is 11.6 Å². The molecule has 0 aliphatic heterocycles. The zero-order chi connectivity index (χ0) is 14.6. The largest absolute Gasteiger partial charge is 0.344 e.